The molecule has 0 aliphatic heterocycles. The number of rotatable bonds is 10. The van der Waals surface area contributed by atoms with Gasteiger partial charge in [-0.3, -0.25) is 9.59 Å². The minimum atomic E-state index is -1.30. The van der Waals surface area contributed by atoms with E-state index in [1.54, 1.807) is 45.0 Å². The van der Waals surface area contributed by atoms with E-state index in [0.717, 1.165) is 5.56 Å². The summed E-state index contributed by atoms with van der Waals surface area (Å²) >= 11 is 0. The molecule has 0 aliphatic rings. The highest BCUT2D eigenvalue weighted by Crippen LogP contribution is 2.24. The summed E-state index contributed by atoms with van der Waals surface area (Å²) in [6.45, 7) is 15.5. The van der Waals surface area contributed by atoms with Crippen LogP contribution in [-0.4, -0.2) is 58.8 Å². The maximum absolute atomic E-state index is 13.4. The molecule has 176 valence electrons. The van der Waals surface area contributed by atoms with Crippen molar-refractivity contribution < 1.29 is 24.2 Å². The molecule has 1 aromatic carbocycles. The van der Waals surface area contributed by atoms with Crippen LogP contribution in [-0.2, 0) is 14.3 Å². The normalized spacial score (nSPS) is 13.0. The maximum atomic E-state index is 13.4. The Balaban J connectivity index is 3.37. The number of nitrogens with zero attached hydrogens (tertiary/aromatic N) is 1. The average Bonchev–Trinajstić information content (AvgIpc) is 2.69. The third-order valence-electron chi connectivity index (χ3n) is 4.23. The first kappa shape index (κ1) is 26.9. The first-order valence-corrected chi connectivity index (χ1v) is 10.5. The van der Waals surface area contributed by atoms with Crippen LogP contribution in [0.1, 0.15) is 51.8 Å². The molecule has 1 aromatic rings. The molecule has 0 aliphatic carbocycles. The summed E-state index contributed by atoms with van der Waals surface area (Å²) in [6, 6.07) is 4.60. The Hall–Kier alpha value is -3.13. The average molecular weight is 446 g/mol. The lowest BCUT2D eigenvalue weighted by Gasteiger charge is -2.33. The fraction of sp³-hybridized carbons (Fsp3) is 0.458. The number of alkyl carbamates (subject to hydrolysis) is 1. The summed E-state index contributed by atoms with van der Waals surface area (Å²) in [7, 11) is 0. The molecule has 2 unspecified atom stereocenters. The fourth-order valence-corrected chi connectivity index (χ4v) is 2.99. The lowest BCUT2D eigenvalue weighted by atomic mass is 10.00. The number of aliphatic hydroxyl groups is 1. The Morgan fingerprint density at radius 1 is 1.19 bits per heavy atom. The number of hydrogen-bond donors (Lipinski definition) is 3. The van der Waals surface area contributed by atoms with Gasteiger partial charge in [-0.1, -0.05) is 36.9 Å². The minimum Gasteiger partial charge on any atom is -0.444 e. The zero-order valence-corrected chi connectivity index (χ0v) is 19.6. The number of carbonyl (C=O) groups excluding carboxylic acids is 3. The van der Waals surface area contributed by atoms with Gasteiger partial charge in [0.25, 0.3) is 0 Å². The fourth-order valence-electron chi connectivity index (χ4n) is 2.99. The van der Waals surface area contributed by atoms with Gasteiger partial charge in [0, 0.05) is 12.6 Å². The van der Waals surface area contributed by atoms with E-state index in [4.69, 9.17) is 4.74 Å². The minimum absolute atomic E-state index is 0.0137. The van der Waals surface area contributed by atoms with Crippen molar-refractivity contribution in [3.8, 4) is 0 Å². The molecule has 0 radical (unpaired) electrons. The summed E-state index contributed by atoms with van der Waals surface area (Å²) in [6.07, 6.45) is 2.27. The highest BCUT2D eigenvalue weighted by atomic mass is 16.6. The Morgan fingerprint density at radius 3 is 2.34 bits per heavy atom. The Morgan fingerprint density at radius 2 is 1.84 bits per heavy atom. The second-order valence-corrected chi connectivity index (χ2v) is 8.60. The molecule has 1 rings (SSSR count). The molecule has 3 N–H and O–H groups in total. The van der Waals surface area contributed by atoms with Crippen LogP contribution in [0.2, 0.25) is 0 Å². The van der Waals surface area contributed by atoms with Crippen LogP contribution >= 0.6 is 0 Å². The van der Waals surface area contributed by atoms with Crippen LogP contribution < -0.4 is 10.6 Å². The van der Waals surface area contributed by atoms with Gasteiger partial charge in [-0.2, -0.15) is 0 Å². The molecule has 0 saturated heterocycles. The number of hydrogen-bond acceptors (Lipinski definition) is 5. The van der Waals surface area contributed by atoms with Gasteiger partial charge in [-0.25, -0.2) is 4.79 Å². The van der Waals surface area contributed by atoms with E-state index in [0.29, 0.717) is 5.56 Å². The highest BCUT2D eigenvalue weighted by molar-refractivity contribution is 5.92. The van der Waals surface area contributed by atoms with Crippen molar-refractivity contribution in [3.63, 3.8) is 0 Å². The van der Waals surface area contributed by atoms with Crippen molar-refractivity contribution in [1.82, 2.24) is 15.5 Å². The molecular weight excluding hydrogens is 410 g/mol. The topological polar surface area (TPSA) is 108 Å². The van der Waals surface area contributed by atoms with E-state index in [-0.39, 0.29) is 12.6 Å². The molecule has 0 bridgehead atoms. The van der Waals surface area contributed by atoms with Crippen LogP contribution in [0.4, 0.5) is 4.79 Å². The predicted octanol–water partition coefficient (Wildman–Crippen LogP) is 2.80. The van der Waals surface area contributed by atoms with E-state index in [9.17, 15) is 19.5 Å². The first-order chi connectivity index (χ1) is 14.9. The molecule has 3 amide bonds. The van der Waals surface area contributed by atoms with Gasteiger partial charge in [0.1, 0.15) is 17.7 Å². The zero-order chi connectivity index (χ0) is 24.5. The highest BCUT2D eigenvalue weighted by Gasteiger charge is 2.35. The van der Waals surface area contributed by atoms with Crippen LogP contribution in [0, 0.1) is 0 Å². The maximum Gasteiger partial charge on any atom is 0.408 e. The van der Waals surface area contributed by atoms with Gasteiger partial charge in [-0.05, 0) is 51.8 Å². The van der Waals surface area contributed by atoms with E-state index in [2.05, 4.69) is 23.8 Å². The lowest BCUT2D eigenvalue weighted by molar-refractivity contribution is -0.142. The van der Waals surface area contributed by atoms with Crippen molar-refractivity contribution in [2.75, 3.05) is 13.2 Å². The number of nitrogens with one attached hydrogen (secondary N) is 2. The summed E-state index contributed by atoms with van der Waals surface area (Å²) < 4.78 is 5.19. The number of amides is 3. The Labute approximate surface area is 190 Å². The van der Waals surface area contributed by atoms with E-state index in [1.807, 2.05) is 19.9 Å². The van der Waals surface area contributed by atoms with Gasteiger partial charge >= 0.3 is 6.09 Å². The number of carbonyl (C=O) groups is 3. The summed E-state index contributed by atoms with van der Waals surface area (Å²) in [4.78, 5) is 40.0. The van der Waals surface area contributed by atoms with E-state index >= 15 is 0 Å². The molecule has 0 heterocycles. The standard InChI is InChI=1S/C24H35N3O5/c1-8-13-27(22(30)19(15-28)26-23(31)32-24(5,6)7)20(21(29)25-16(3)4)18-12-10-11-17(9-2)14-18/h8-12,14,16,19-20,28H,1-2,13,15H2,3-7H3,(H,25,29)(H,26,31). The van der Waals surface area contributed by atoms with Crippen LogP contribution in [0.5, 0.6) is 0 Å². The zero-order valence-electron chi connectivity index (χ0n) is 19.6. The predicted molar refractivity (Wildman–Crippen MR) is 125 cm³/mol. The monoisotopic (exact) mass is 445 g/mol. The van der Waals surface area contributed by atoms with Gasteiger partial charge < -0.3 is 25.4 Å². The largest absolute Gasteiger partial charge is 0.444 e. The molecule has 0 spiro atoms. The van der Waals surface area contributed by atoms with Crippen molar-refractivity contribution in [1.29, 1.82) is 0 Å². The number of ether oxygens (including phenoxy) is 1. The van der Waals surface area contributed by atoms with Gasteiger partial charge in [0.05, 0.1) is 6.61 Å². The molecule has 8 heteroatoms. The third kappa shape index (κ3) is 8.19. The summed E-state index contributed by atoms with van der Waals surface area (Å²) in [5.41, 5.74) is 0.560. The molecule has 0 aromatic heterocycles. The SMILES string of the molecule is C=CCN(C(=O)C(CO)NC(=O)OC(C)(C)C)C(C(=O)NC(C)C)c1cccc(C=C)c1. The first-order valence-electron chi connectivity index (χ1n) is 10.5. The van der Waals surface area contributed by atoms with Crippen molar-refractivity contribution in [3.05, 3.63) is 54.6 Å². The van der Waals surface area contributed by atoms with Crippen LogP contribution in [0.3, 0.4) is 0 Å². The molecular formula is C24H35N3O5. The quantitative estimate of drug-likeness (QED) is 0.480. The smallest absolute Gasteiger partial charge is 0.408 e. The number of benzene rings is 1. The molecule has 0 fully saturated rings. The summed E-state index contributed by atoms with van der Waals surface area (Å²) in [5, 5.41) is 15.0. The summed E-state index contributed by atoms with van der Waals surface area (Å²) in [5.74, 6) is -1.04. The molecule has 32 heavy (non-hydrogen) atoms. The number of aliphatic hydroxyl groups excluding tert-OH is 1. The van der Waals surface area contributed by atoms with E-state index < -0.39 is 42.2 Å². The van der Waals surface area contributed by atoms with Crippen LogP contribution in [0.15, 0.2) is 43.5 Å². The molecule has 0 saturated carbocycles. The van der Waals surface area contributed by atoms with Crippen LogP contribution in [0.25, 0.3) is 6.08 Å². The second kappa shape index (κ2) is 12.0. The van der Waals surface area contributed by atoms with Gasteiger partial charge in [-0.15, -0.1) is 6.58 Å². The third-order valence-corrected chi connectivity index (χ3v) is 4.23. The lowest BCUT2D eigenvalue weighted by Crippen LogP contribution is -2.54. The van der Waals surface area contributed by atoms with Gasteiger partial charge in [0.2, 0.25) is 11.8 Å². The Kier molecular flexibility index (Phi) is 10.1. The molecule has 2 atom stereocenters. The molecule has 8 nitrogen and oxygen atoms in total. The Bertz CT molecular complexity index is 829. The van der Waals surface area contributed by atoms with Gasteiger partial charge in [0.15, 0.2) is 0 Å². The van der Waals surface area contributed by atoms with E-state index in [1.165, 1.54) is 11.0 Å². The second-order valence-electron chi connectivity index (χ2n) is 8.60. The van der Waals surface area contributed by atoms with Crippen molar-refractivity contribution in [2.45, 2.75) is 58.3 Å². The van der Waals surface area contributed by atoms with Crippen molar-refractivity contribution in [2.24, 2.45) is 0 Å². The van der Waals surface area contributed by atoms with Crippen molar-refractivity contribution >= 4 is 24.0 Å².